The van der Waals surface area contributed by atoms with Crippen LogP contribution in [0.25, 0.3) is 12.2 Å². The summed E-state index contributed by atoms with van der Waals surface area (Å²) in [7, 11) is 1.53. The number of ether oxygens (including phenoxy) is 1. The first kappa shape index (κ1) is 14.1. The molecular weight excluding hydrogens is 252 g/mol. The van der Waals surface area contributed by atoms with E-state index in [9.17, 15) is 5.11 Å². The predicted molar refractivity (Wildman–Crippen MR) is 79.8 cm³/mol. The lowest BCUT2D eigenvalue weighted by Gasteiger charge is -2.06. The molecule has 4 nitrogen and oxygen atoms in total. The average molecular weight is 270 g/mol. The van der Waals surface area contributed by atoms with Gasteiger partial charge in [-0.05, 0) is 39.0 Å². The molecule has 4 heteroatoms. The van der Waals surface area contributed by atoms with Gasteiger partial charge in [-0.3, -0.25) is 4.98 Å². The van der Waals surface area contributed by atoms with Gasteiger partial charge in [-0.25, -0.2) is 4.98 Å². The summed E-state index contributed by atoms with van der Waals surface area (Å²) < 4.78 is 5.08. The summed E-state index contributed by atoms with van der Waals surface area (Å²) in [5.41, 5.74) is 4.19. The van der Waals surface area contributed by atoms with Gasteiger partial charge in [-0.1, -0.05) is 12.1 Å². The maximum atomic E-state index is 10.0. The predicted octanol–water partition coefficient (Wildman–Crippen LogP) is 3.29. The molecule has 1 heterocycles. The standard InChI is InChI=1S/C16H18N2O2/c1-10-11(2)18-14(12(3)17-10)9-8-13-6-5-7-15(20-4)16(13)19/h5-9,19H,1-4H3. The third-order valence-corrected chi connectivity index (χ3v) is 3.19. The number of aromatic nitrogens is 2. The van der Waals surface area contributed by atoms with E-state index in [1.165, 1.54) is 7.11 Å². The van der Waals surface area contributed by atoms with E-state index in [2.05, 4.69) is 9.97 Å². The quantitative estimate of drug-likeness (QED) is 0.929. The van der Waals surface area contributed by atoms with Crippen LogP contribution in [0.4, 0.5) is 0 Å². The number of phenolic OH excluding ortho intramolecular Hbond substituents is 1. The molecule has 2 rings (SSSR count). The number of hydrogen-bond acceptors (Lipinski definition) is 4. The Balaban J connectivity index is 2.37. The van der Waals surface area contributed by atoms with Crippen LogP contribution < -0.4 is 4.74 Å². The Morgan fingerprint density at radius 2 is 1.70 bits per heavy atom. The van der Waals surface area contributed by atoms with Crippen molar-refractivity contribution in [1.29, 1.82) is 0 Å². The summed E-state index contributed by atoms with van der Waals surface area (Å²) in [4.78, 5) is 8.94. The van der Waals surface area contributed by atoms with Crippen LogP contribution in [-0.4, -0.2) is 22.2 Å². The minimum Gasteiger partial charge on any atom is -0.504 e. The van der Waals surface area contributed by atoms with E-state index in [0.29, 0.717) is 11.3 Å². The fourth-order valence-corrected chi connectivity index (χ4v) is 1.90. The van der Waals surface area contributed by atoms with Crippen molar-refractivity contribution in [2.24, 2.45) is 0 Å². The van der Waals surface area contributed by atoms with E-state index in [-0.39, 0.29) is 5.75 Å². The summed E-state index contributed by atoms with van der Waals surface area (Å²) in [6.45, 7) is 5.80. The SMILES string of the molecule is COc1cccc(C=Cc2nc(C)c(C)nc2C)c1O. The number of rotatable bonds is 3. The number of hydrogen-bond donors (Lipinski definition) is 1. The number of benzene rings is 1. The van der Waals surface area contributed by atoms with Crippen molar-refractivity contribution in [3.05, 3.63) is 46.5 Å². The normalized spacial score (nSPS) is 11.0. The van der Waals surface area contributed by atoms with Gasteiger partial charge in [0.25, 0.3) is 0 Å². The van der Waals surface area contributed by atoms with E-state index in [1.807, 2.05) is 45.1 Å². The first-order valence-corrected chi connectivity index (χ1v) is 6.39. The Bertz CT molecular complexity index is 664. The monoisotopic (exact) mass is 270 g/mol. The van der Waals surface area contributed by atoms with Crippen molar-refractivity contribution in [3.63, 3.8) is 0 Å². The summed E-state index contributed by atoms with van der Waals surface area (Å²) in [6, 6.07) is 5.36. The van der Waals surface area contributed by atoms with Crippen LogP contribution in [0.1, 0.15) is 28.3 Å². The highest BCUT2D eigenvalue weighted by Gasteiger charge is 2.06. The second-order valence-corrected chi connectivity index (χ2v) is 4.60. The van der Waals surface area contributed by atoms with Gasteiger partial charge < -0.3 is 9.84 Å². The van der Waals surface area contributed by atoms with E-state index in [4.69, 9.17) is 4.74 Å². The summed E-state index contributed by atoms with van der Waals surface area (Å²) >= 11 is 0. The lowest BCUT2D eigenvalue weighted by atomic mass is 10.1. The van der Waals surface area contributed by atoms with Crippen LogP contribution in [-0.2, 0) is 0 Å². The summed E-state index contributed by atoms with van der Waals surface area (Å²) in [5.74, 6) is 0.579. The van der Waals surface area contributed by atoms with E-state index in [1.54, 1.807) is 6.07 Å². The third-order valence-electron chi connectivity index (χ3n) is 3.19. The number of para-hydroxylation sites is 1. The van der Waals surface area contributed by atoms with Crippen molar-refractivity contribution in [2.45, 2.75) is 20.8 Å². The van der Waals surface area contributed by atoms with Crippen LogP contribution in [0.3, 0.4) is 0 Å². The van der Waals surface area contributed by atoms with E-state index >= 15 is 0 Å². The van der Waals surface area contributed by atoms with E-state index in [0.717, 1.165) is 22.8 Å². The lowest BCUT2D eigenvalue weighted by molar-refractivity contribution is 0.373. The van der Waals surface area contributed by atoms with Crippen molar-refractivity contribution < 1.29 is 9.84 Å². The number of aryl methyl sites for hydroxylation is 3. The second kappa shape index (κ2) is 5.74. The molecular formula is C16H18N2O2. The minimum atomic E-state index is 0.126. The Kier molecular flexibility index (Phi) is 4.03. The molecule has 0 atom stereocenters. The maximum Gasteiger partial charge on any atom is 0.165 e. The molecule has 0 aliphatic carbocycles. The zero-order valence-electron chi connectivity index (χ0n) is 12.1. The van der Waals surface area contributed by atoms with Gasteiger partial charge in [0.2, 0.25) is 0 Å². The van der Waals surface area contributed by atoms with Gasteiger partial charge in [0.1, 0.15) is 0 Å². The van der Waals surface area contributed by atoms with Gasteiger partial charge in [0, 0.05) is 5.56 Å². The lowest BCUT2D eigenvalue weighted by Crippen LogP contribution is -1.98. The molecule has 0 fully saturated rings. The number of phenols is 1. The Morgan fingerprint density at radius 1 is 1.00 bits per heavy atom. The van der Waals surface area contributed by atoms with Crippen LogP contribution in [0.2, 0.25) is 0 Å². The minimum absolute atomic E-state index is 0.126. The molecule has 0 saturated heterocycles. The zero-order valence-corrected chi connectivity index (χ0v) is 12.1. The molecule has 104 valence electrons. The fourth-order valence-electron chi connectivity index (χ4n) is 1.90. The first-order chi connectivity index (χ1) is 9.52. The average Bonchev–Trinajstić information content (AvgIpc) is 2.43. The molecule has 0 radical (unpaired) electrons. The molecule has 0 saturated carbocycles. The molecule has 20 heavy (non-hydrogen) atoms. The first-order valence-electron chi connectivity index (χ1n) is 6.39. The second-order valence-electron chi connectivity index (χ2n) is 4.60. The largest absolute Gasteiger partial charge is 0.504 e. The third kappa shape index (κ3) is 2.79. The van der Waals surface area contributed by atoms with Crippen LogP contribution in [0.5, 0.6) is 11.5 Å². The molecule has 0 unspecified atom stereocenters. The van der Waals surface area contributed by atoms with Crippen molar-refractivity contribution >= 4 is 12.2 Å². The highest BCUT2D eigenvalue weighted by Crippen LogP contribution is 2.30. The van der Waals surface area contributed by atoms with E-state index < -0.39 is 0 Å². The van der Waals surface area contributed by atoms with Crippen molar-refractivity contribution in [1.82, 2.24) is 9.97 Å². The maximum absolute atomic E-state index is 10.0. The molecule has 0 aliphatic rings. The summed E-state index contributed by atoms with van der Waals surface area (Å²) in [5, 5.41) is 10.0. The Morgan fingerprint density at radius 3 is 2.40 bits per heavy atom. The van der Waals surface area contributed by atoms with Crippen molar-refractivity contribution in [2.75, 3.05) is 7.11 Å². The van der Waals surface area contributed by atoms with Gasteiger partial charge in [-0.2, -0.15) is 0 Å². The number of aromatic hydroxyl groups is 1. The smallest absolute Gasteiger partial charge is 0.165 e. The van der Waals surface area contributed by atoms with Crippen LogP contribution in [0.15, 0.2) is 18.2 Å². The van der Waals surface area contributed by atoms with Crippen LogP contribution >= 0.6 is 0 Å². The van der Waals surface area contributed by atoms with Gasteiger partial charge in [-0.15, -0.1) is 0 Å². The summed E-state index contributed by atoms with van der Waals surface area (Å²) in [6.07, 6.45) is 3.66. The van der Waals surface area contributed by atoms with Gasteiger partial charge in [0.05, 0.1) is 29.9 Å². The number of nitrogens with zero attached hydrogens (tertiary/aromatic N) is 2. The Labute approximate surface area is 118 Å². The molecule has 2 aromatic rings. The fraction of sp³-hybridized carbons (Fsp3) is 0.250. The van der Waals surface area contributed by atoms with Crippen LogP contribution in [0, 0.1) is 20.8 Å². The Hall–Kier alpha value is -2.36. The molecule has 0 bridgehead atoms. The highest BCUT2D eigenvalue weighted by molar-refractivity contribution is 5.73. The molecule has 0 spiro atoms. The van der Waals surface area contributed by atoms with Gasteiger partial charge >= 0.3 is 0 Å². The zero-order chi connectivity index (χ0) is 14.7. The number of methoxy groups -OCH3 is 1. The molecule has 0 amide bonds. The topological polar surface area (TPSA) is 55.2 Å². The van der Waals surface area contributed by atoms with Gasteiger partial charge in [0.15, 0.2) is 11.5 Å². The molecule has 1 aromatic carbocycles. The highest BCUT2D eigenvalue weighted by atomic mass is 16.5. The molecule has 1 N–H and O–H groups in total. The van der Waals surface area contributed by atoms with Crippen molar-refractivity contribution in [3.8, 4) is 11.5 Å². The molecule has 1 aromatic heterocycles. The molecule has 0 aliphatic heterocycles.